The van der Waals surface area contributed by atoms with Crippen LogP contribution in [-0.2, 0) is 17.8 Å². The third-order valence-electron chi connectivity index (χ3n) is 4.32. The largest absolute Gasteiger partial charge is 0.480 e. The summed E-state index contributed by atoms with van der Waals surface area (Å²) >= 11 is 0. The van der Waals surface area contributed by atoms with Crippen LogP contribution >= 0.6 is 0 Å². The van der Waals surface area contributed by atoms with Crippen LogP contribution < -0.4 is 10.6 Å². The molecule has 0 spiro atoms. The molecule has 0 aliphatic carbocycles. The van der Waals surface area contributed by atoms with E-state index in [4.69, 9.17) is 0 Å². The first-order valence-electron chi connectivity index (χ1n) is 7.41. The highest BCUT2D eigenvalue weighted by molar-refractivity contribution is 5.98. The number of hydrogen-bond donors (Lipinski definition) is 3. The first kappa shape index (κ1) is 15.5. The van der Waals surface area contributed by atoms with Crippen molar-refractivity contribution in [3.63, 3.8) is 0 Å². The van der Waals surface area contributed by atoms with E-state index >= 15 is 0 Å². The predicted molar refractivity (Wildman–Crippen MR) is 80.3 cm³/mol. The zero-order valence-corrected chi connectivity index (χ0v) is 12.5. The second-order valence-corrected chi connectivity index (χ2v) is 5.46. The Hall–Kier alpha value is -1.88. The maximum atomic E-state index is 12.4. The quantitative estimate of drug-likeness (QED) is 0.771. The minimum Gasteiger partial charge on any atom is -0.480 e. The van der Waals surface area contributed by atoms with Gasteiger partial charge in [-0.3, -0.25) is 4.79 Å². The molecule has 5 heteroatoms. The minimum atomic E-state index is -1.19. The Balaban J connectivity index is 2.22. The standard InChI is InChI=1S/C16H22N2O3/c1-3-16(4-2,15(20)21)18-14(19)12-6-5-11-7-8-17-10-13(11)9-12/h5-6,9,17H,3-4,7-8,10H2,1-2H3,(H,18,19)(H,20,21). The molecule has 0 fully saturated rings. The number of carbonyl (C=O) groups is 2. The van der Waals surface area contributed by atoms with Crippen LogP contribution in [0.5, 0.6) is 0 Å². The summed E-state index contributed by atoms with van der Waals surface area (Å²) in [5, 5.41) is 15.4. The van der Waals surface area contributed by atoms with Gasteiger partial charge in [0.2, 0.25) is 0 Å². The fraction of sp³-hybridized carbons (Fsp3) is 0.500. The molecule has 0 saturated heterocycles. The van der Waals surface area contributed by atoms with Gasteiger partial charge in [0, 0.05) is 12.1 Å². The molecule has 1 amide bonds. The van der Waals surface area contributed by atoms with E-state index in [0.717, 1.165) is 25.1 Å². The number of amides is 1. The van der Waals surface area contributed by atoms with Crippen molar-refractivity contribution in [3.05, 3.63) is 34.9 Å². The smallest absolute Gasteiger partial charge is 0.329 e. The summed E-state index contributed by atoms with van der Waals surface area (Å²) in [6.45, 7) is 5.25. The molecule has 1 heterocycles. The van der Waals surface area contributed by atoms with Gasteiger partial charge < -0.3 is 15.7 Å². The van der Waals surface area contributed by atoms with Crippen molar-refractivity contribution in [2.24, 2.45) is 0 Å². The normalized spacial score (nSPS) is 14.4. The third-order valence-corrected chi connectivity index (χ3v) is 4.32. The average molecular weight is 290 g/mol. The highest BCUT2D eigenvalue weighted by Gasteiger charge is 2.36. The Kier molecular flexibility index (Phi) is 4.63. The Bertz CT molecular complexity index is 550. The number of hydrogen-bond acceptors (Lipinski definition) is 3. The number of carbonyl (C=O) groups excluding carboxylic acids is 1. The minimum absolute atomic E-state index is 0.325. The van der Waals surface area contributed by atoms with Gasteiger partial charge in [-0.05, 0) is 49.1 Å². The maximum Gasteiger partial charge on any atom is 0.329 e. The fourth-order valence-corrected chi connectivity index (χ4v) is 2.69. The van der Waals surface area contributed by atoms with E-state index in [-0.39, 0.29) is 5.91 Å². The van der Waals surface area contributed by atoms with Crippen molar-refractivity contribution < 1.29 is 14.7 Å². The predicted octanol–water partition coefficient (Wildman–Crippen LogP) is 1.71. The molecule has 2 rings (SSSR count). The molecule has 0 saturated carbocycles. The number of fused-ring (bicyclic) bond motifs is 1. The molecule has 21 heavy (non-hydrogen) atoms. The molecule has 5 nitrogen and oxygen atoms in total. The highest BCUT2D eigenvalue weighted by Crippen LogP contribution is 2.19. The van der Waals surface area contributed by atoms with Crippen LogP contribution in [0.4, 0.5) is 0 Å². The Morgan fingerprint density at radius 1 is 1.29 bits per heavy atom. The fourth-order valence-electron chi connectivity index (χ4n) is 2.69. The van der Waals surface area contributed by atoms with Crippen LogP contribution in [0.15, 0.2) is 18.2 Å². The molecule has 1 aliphatic heterocycles. The topological polar surface area (TPSA) is 78.4 Å². The molecule has 1 aromatic carbocycles. The van der Waals surface area contributed by atoms with Gasteiger partial charge in [-0.2, -0.15) is 0 Å². The number of aliphatic carboxylic acids is 1. The third kappa shape index (κ3) is 3.08. The molecule has 0 radical (unpaired) electrons. The van der Waals surface area contributed by atoms with E-state index in [1.165, 1.54) is 5.56 Å². The van der Waals surface area contributed by atoms with Crippen LogP contribution in [0, 0.1) is 0 Å². The lowest BCUT2D eigenvalue weighted by Crippen LogP contribution is -2.53. The number of carboxylic acid groups (broad SMARTS) is 1. The van der Waals surface area contributed by atoms with E-state index in [2.05, 4.69) is 10.6 Å². The van der Waals surface area contributed by atoms with Gasteiger partial charge in [-0.15, -0.1) is 0 Å². The molecule has 1 aromatic rings. The zero-order valence-electron chi connectivity index (χ0n) is 12.5. The van der Waals surface area contributed by atoms with E-state index in [9.17, 15) is 14.7 Å². The van der Waals surface area contributed by atoms with E-state index in [0.29, 0.717) is 18.4 Å². The number of benzene rings is 1. The van der Waals surface area contributed by atoms with Crippen molar-refractivity contribution >= 4 is 11.9 Å². The molecule has 1 aliphatic rings. The molecule has 0 aromatic heterocycles. The van der Waals surface area contributed by atoms with Crippen LogP contribution in [0.25, 0.3) is 0 Å². The summed E-state index contributed by atoms with van der Waals surface area (Å²) in [6, 6.07) is 5.59. The Labute approximate surface area is 124 Å². The van der Waals surface area contributed by atoms with Gasteiger partial charge in [0.15, 0.2) is 0 Å². The first-order chi connectivity index (χ1) is 10.0. The lowest BCUT2D eigenvalue weighted by Gasteiger charge is -2.28. The van der Waals surface area contributed by atoms with Gasteiger partial charge in [0.25, 0.3) is 5.91 Å². The van der Waals surface area contributed by atoms with E-state index in [1.54, 1.807) is 19.9 Å². The van der Waals surface area contributed by atoms with Crippen molar-refractivity contribution in [2.75, 3.05) is 6.54 Å². The van der Waals surface area contributed by atoms with Crippen molar-refractivity contribution in [1.29, 1.82) is 0 Å². The summed E-state index contributed by atoms with van der Waals surface area (Å²) in [5.41, 5.74) is 1.69. The second kappa shape index (κ2) is 6.26. The maximum absolute atomic E-state index is 12.4. The number of rotatable bonds is 5. The molecule has 0 unspecified atom stereocenters. The molecule has 0 atom stereocenters. The average Bonchev–Trinajstić information content (AvgIpc) is 2.51. The first-order valence-corrected chi connectivity index (χ1v) is 7.41. The Morgan fingerprint density at radius 3 is 2.62 bits per heavy atom. The van der Waals surface area contributed by atoms with Gasteiger partial charge in [0.1, 0.15) is 5.54 Å². The lowest BCUT2D eigenvalue weighted by molar-refractivity contribution is -0.144. The summed E-state index contributed by atoms with van der Waals surface area (Å²) < 4.78 is 0. The van der Waals surface area contributed by atoms with Crippen molar-refractivity contribution in [1.82, 2.24) is 10.6 Å². The second-order valence-electron chi connectivity index (χ2n) is 5.46. The summed E-state index contributed by atoms with van der Waals surface area (Å²) in [5.74, 6) is -1.31. The molecule has 3 N–H and O–H groups in total. The van der Waals surface area contributed by atoms with Gasteiger partial charge in [0.05, 0.1) is 0 Å². The van der Waals surface area contributed by atoms with Crippen LogP contribution in [0.2, 0.25) is 0 Å². The molecule has 114 valence electrons. The molecule has 0 bridgehead atoms. The van der Waals surface area contributed by atoms with Crippen LogP contribution in [0.1, 0.15) is 48.2 Å². The van der Waals surface area contributed by atoms with Crippen LogP contribution in [0.3, 0.4) is 0 Å². The number of carboxylic acids is 1. The summed E-state index contributed by atoms with van der Waals surface area (Å²) in [7, 11) is 0. The summed E-state index contributed by atoms with van der Waals surface area (Å²) in [6.07, 6.45) is 1.67. The van der Waals surface area contributed by atoms with Gasteiger partial charge >= 0.3 is 5.97 Å². The van der Waals surface area contributed by atoms with Crippen molar-refractivity contribution in [2.45, 2.75) is 45.2 Å². The summed E-state index contributed by atoms with van der Waals surface area (Å²) in [4.78, 5) is 23.8. The van der Waals surface area contributed by atoms with Gasteiger partial charge in [-0.25, -0.2) is 4.79 Å². The SMILES string of the molecule is CCC(CC)(NC(=O)c1ccc2c(c1)CNCC2)C(=O)O. The monoisotopic (exact) mass is 290 g/mol. The van der Waals surface area contributed by atoms with Crippen molar-refractivity contribution in [3.8, 4) is 0 Å². The molecular weight excluding hydrogens is 268 g/mol. The highest BCUT2D eigenvalue weighted by atomic mass is 16.4. The van der Waals surface area contributed by atoms with Crippen LogP contribution in [-0.4, -0.2) is 29.1 Å². The lowest BCUT2D eigenvalue weighted by atomic mass is 9.92. The van der Waals surface area contributed by atoms with Gasteiger partial charge in [-0.1, -0.05) is 19.9 Å². The van der Waals surface area contributed by atoms with E-state index in [1.807, 2.05) is 12.1 Å². The zero-order chi connectivity index (χ0) is 15.5. The molecular formula is C16H22N2O3. The number of nitrogens with one attached hydrogen (secondary N) is 2. The Morgan fingerprint density at radius 2 is 2.00 bits per heavy atom. The van der Waals surface area contributed by atoms with E-state index < -0.39 is 11.5 Å².